The highest BCUT2D eigenvalue weighted by Gasteiger charge is 2.14. The molecule has 5 nitrogen and oxygen atoms in total. The predicted molar refractivity (Wildman–Crippen MR) is 64.4 cm³/mol. The average molecular weight is 238 g/mol. The van der Waals surface area contributed by atoms with Crippen molar-refractivity contribution in [3.63, 3.8) is 0 Å². The Kier molecular flexibility index (Phi) is 4.87. The van der Waals surface area contributed by atoms with Gasteiger partial charge in [0.1, 0.15) is 11.4 Å². The number of unbranched alkanes of at least 4 members (excludes halogenated alkanes) is 3. The zero-order chi connectivity index (χ0) is 12.8. The maximum Gasteiger partial charge on any atom is 0.343 e. The highest BCUT2D eigenvalue weighted by Crippen LogP contribution is 2.05. The number of nitrogens with one attached hydrogen (secondary N) is 1. The van der Waals surface area contributed by atoms with Gasteiger partial charge in [-0.15, -0.1) is 0 Å². The molecule has 0 spiro atoms. The first-order valence-corrected chi connectivity index (χ1v) is 5.89. The minimum atomic E-state index is -1.23. The van der Waals surface area contributed by atoms with Crippen LogP contribution in [0, 0.1) is 6.92 Å². The third-order valence-corrected chi connectivity index (χ3v) is 2.63. The van der Waals surface area contributed by atoms with Crippen LogP contribution < -0.4 is 5.56 Å². The molecule has 2 N–H and O–H groups in total. The number of aryl methyl sites for hydroxylation is 2. The molecule has 0 aliphatic rings. The molecular weight excluding hydrogens is 220 g/mol. The smallest absolute Gasteiger partial charge is 0.343 e. The van der Waals surface area contributed by atoms with Crippen molar-refractivity contribution in [1.82, 2.24) is 9.97 Å². The van der Waals surface area contributed by atoms with E-state index in [1.807, 2.05) is 0 Å². The quantitative estimate of drug-likeness (QED) is 0.741. The minimum absolute atomic E-state index is 0.262. The Hall–Kier alpha value is -1.65. The van der Waals surface area contributed by atoms with Gasteiger partial charge in [0.05, 0.1) is 5.69 Å². The monoisotopic (exact) mass is 238 g/mol. The highest BCUT2D eigenvalue weighted by atomic mass is 16.4. The molecule has 0 aliphatic heterocycles. The van der Waals surface area contributed by atoms with E-state index in [0.717, 1.165) is 25.7 Å². The van der Waals surface area contributed by atoms with Gasteiger partial charge in [0.2, 0.25) is 0 Å². The third kappa shape index (κ3) is 3.69. The summed E-state index contributed by atoms with van der Waals surface area (Å²) in [5.41, 5.74) is -0.537. The van der Waals surface area contributed by atoms with Crippen molar-refractivity contribution in [3.05, 3.63) is 27.4 Å². The van der Waals surface area contributed by atoms with Crippen LogP contribution in [0.5, 0.6) is 0 Å². The van der Waals surface area contributed by atoms with Crippen molar-refractivity contribution < 1.29 is 9.90 Å². The second-order valence-corrected chi connectivity index (χ2v) is 4.09. The molecule has 0 aromatic carbocycles. The maximum absolute atomic E-state index is 11.5. The Balaban J connectivity index is 2.77. The fourth-order valence-electron chi connectivity index (χ4n) is 1.73. The Bertz CT molecular complexity index is 452. The van der Waals surface area contributed by atoms with Crippen LogP contribution in [0.1, 0.15) is 54.5 Å². The van der Waals surface area contributed by atoms with Gasteiger partial charge in [0.25, 0.3) is 5.56 Å². The Morgan fingerprint density at radius 3 is 2.59 bits per heavy atom. The van der Waals surface area contributed by atoms with Gasteiger partial charge in [-0.3, -0.25) is 4.79 Å². The largest absolute Gasteiger partial charge is 0.477 e. The molecule has 1 aromatic rings. The molecule has 0 unspecified atom stereocenters. The van der Waals surface area contributed by atoms with Crippen molar-refractivity contribution in [1.29, 1.82) is 0 Å². The molecule has 1 heterocycles. The van der Waals surface area contributed by atoms with E-state index in [1.54, 1.807) is 6.92 Å². The Morgan fingerprint density at radius 2 is 2.06 bits per heavy atom. The first-order chi connectivity index (χ1) is 8.06. The SMILES string of the molecule is CCCCCCc1nc(C)c(C(=O)O)c(=O)[nH]1. The van der Waals surface area contributed by atoms with E-state index in [1.165, 1.54) is 0 Å². The van der Waals surface area contributed by atoms with Gasteiger partial charge in [-0.1, -0.05) is 26.2 Å². The van der Waals surface area contributed by atoms with E-state index in [4.69, 9.17) is 5.11 Å². The van der Waals surface area contributed by atoms with Gasteiger partial charge < -0.3 is 10.1 Å². The summed E-state index contributed by atoms with van der Waals surface area (Å²) < 4.78 is 0. The van der Waals surface area contributed by atoms with Gasteiger partial charge >= 0.3 is 5.97 Å². The van der Waals surface area contributed by atoms with E-state index < -0.39 is 11.5 Å². The summed E-state index contributed by atoms with van der Waals surface area (Å²) in [6.07, 6.45) is 5.07. The Morgan fingerprint density at radius 1 is 1.35 bits per heavy atom. The summed E-state index contributed by atoms with van der Waals surface area (Å²) in [7, 11) is 0. The van der Waals surface area contributed by atoms with Crippen LogP contribution >= 0.6 is 0 Å². The summed E-state index contributed by atoms with van der Waals surface area (Å²) in [5, 5.41) is 8.82. The van der Waals surface area contributed by atoms with E-state index in [-0.39, 0.29) is 11.3 Å². The van der Waals surface area contributed by atoms with Gasteiger partial charge in [0, 0.05) is 6.42 Å². The van der Waals surface area contributed by atoms with Crippen LogP contribution in [0.25, 0.3) is 0 Å². The first-order valence-electron chi connectivity index (χ1n) is 5.89. The number of aromatic nitrogens is 2. The lowest BCUT2D eigenvalue weighted by atomic mass is 10.1. The van der Waals surface area contributed by atoms with Crippen LogP contribution in [0.2, 0.25) is 0 Å². The number of carbonyl (C=O) groups is 1. The normalized spacial score (nSPS) is 10.5. The molecule has 0 atom stereocenters. The number of H-pyrrole nitrogens is 1. The number of carboxylic acids is 1. The fraction of sp³-hybridized carbons (Fsp3) is 0.583. The summed E-state index contributed by atoms with van der Waals surface area (Å²) in [6, 6.07) is 0. The fourth-order valence-corrected chi connectivity index (χ4v) is 1.73. The zero-order valence-electron chi connectivity index (χ0n) is 10.2. The molecule has 5 heteroatoms. The lowest BCUT2D eigenvalue weighted by Crippen LogP contribution is -2.22. The molecule has 1 aromatic heterocycles. The van der Waals surface area contributed by atoms with Crippen LogP contribution in [-0.4, -0.2) is 21.0 Å². The third-order valence-electron chi connectivity index (χ3n) is 2.63. The second-order valence-electron chi connectivity index (χ2n) is 4.09. The van der Waals surface area contributed by atoms with Crippen molar-refractivity contribution in [2.24, 2.45) is 0 Å². The number of aromatic carboxylic acids is 1. The maximum atomic E-state index is 11.5. The molecule has 0 aliphatic carbocycles. The molecule has 0 radical (unpaired) electrons. The van der Waals surface area contributed by atoms with Crippen LogP contribution in [0.4, 0.5) is 0 Å². The standard InChI is InChI=1S/C12H18N2O3/c1-3-4-5-6-7-9-13-8(2)10(12(16)17)11(15)14-9/h3-7H2,1-2H3,(H,16,17)(H,13,14,15). The molecular formula is C12H18N2O3. The van der Waals surface area contributed by atoms with Gasteiger partial charge in [-0.2, -0.15) is 0 Å². The molecule has 1 rings (SSSR count). The molecule has 0 saturated carbocycles. The molecule has 0 saturated heterocycles. The van der Waals surface area contributed by atoms with Gasteiger partial charge in [-0.25, -0.2) is 9.78 Å². The van der Waals surface area contributed by atoms with E-state index in [9.17, 15) is 9.59 Å². The van der Waals surface area contributed by atoms with Crippen molar-refractivity contribution in [3.8, 4) is 0 Å². The van der Waals surface area contributed by atoms with E-state index >= 15 is 0 Å². The van der Waals surface area contributed by atoms with E-state index in [2.05, 4.69) is 16.9 Å². The summed E-state index contributed by atoms with van der Waals surface area (Å²) in [6.45, 7) is 3.68. The number of rotatable bonds is 6. The summed E-state index contributed by atoms with van der Waals surface area (Å²) in [4.78, 5) is 29.0. The molecule has 94 valence electrons. The van der Waals surface area contributed by atoms with Gasteiger partial charge in [-0.05, 0) is 13.3 Å². The first kappa shape index (κ1) is 13.4. The number of nitrogens with zero attached hydrogens (tertiary/aromatic N) is 1. The minimum Gasteiger partial charge on any atom is -0.477 e. The molecule has 17 heavy (non-hydrogen) atoms. The van der Waals surface area contributed by atoms with Crippen LogP contribution in [0.3, 0.4) is 0 Å². The molecule has 0 bridgehead atoms. The predicted octanol–water partition coefficient (Wildman–Crippen LogP) is 1.90. The van der Waals surface area contributed by atoms with Crippen molar-refractivity contribution in [2.75, 3.05) is 0 Å². The number of aromatic amines is 1. The number of hydrogen-bond donors (Lipinski definition) is 2. The Labute approximate surface area is 99.9 Å². The lowest BCUT2D eigenvalue weighted by molar-refractivity contribution is 0.0693. The van der Waals surface area contributed by atoms with Crippen molar-refractivity contribution in [2.45, 2.75) is 46.0 Å². The van der Waals surface area contributed by atoms with Crippen LogP contribution in [0.15, 0.2) is 4.79 Å². The molecule has 0 amide bonds. The average Bonchev–Trinajstić information content (AvgIpc) is 2.23. The van der Waals surface area contributed by atoms with Crippen molar-refractivity contribution >= 4 is 5.97 Å². The van der Waals surface area contributed by atoms with Gasteiger partial charge in [0.15, 0.2) is 0 Å². The summed E-state index contributed by atoms with van der Waals surface area (Å²) in [5.74, 6) is -0.651. The second kappa shape index (κ2) is 6.18. The molecule has 0 fully saturated rings. The topological polar surface area (TPSA) is 83.0 Å². The van der Waals surface area contributed by atoms with Crippen LogP contribution in [-0.2, 0) is 6.42 Å². The van der Waals surface area contributed by atoms with E-state index in [0.29, 0.717) is 12.2 Å². The highest BCUT2D eigenvalue weighted by molar-refractivity contribution is 5.88. The lowest BCUT2D eigenvalue weighted by Gasteiger charge is -2.04. The summed E-state index contributed by atoms with van der Waals surface area (Å²) >= 11 is 0. The zero-order valence-corrected chi connectivity index (χ0v) is 10.2. The number of hydrogen-bond acceptors (Lipinski definition) is 3. The number of carboxylic acid groups (broad SMARTS) is 1.